The number of amides is 1. The Hall–Kier alpha value is -3.36. The number of H-pyrrole nitrogens is 1. The Balaban J connectivity index is 1.83. The van der Waals surface area contributed by atoms with Gasteiger partial charge in [0.15, 0.2) is 0 Å². The van der Waals surface area contributed by atoms with Crippen LogP contribution < -0.4 is 16.6 Å². The van der Waals surface area contributed by atoms with Crippen LogP contribution in [0.2, 0.25) is 10.0 Å². The molecular weight excluding hydrogens is 434 g/mol. The van der Waals surface area contributed by atoms with Gasteiger partial charge in [-0.05, 0) is 42.5 Å². The maximum absolute atomic E-state index is 13.2. The summed E-state index contributed by atoms with van der Waals surface area (Å²) >= 11 is 12.0. The lowest BCUT2D eigenvalue weighted by Crippen LogP contribution is -2.34. The van der Waals surface area contributed by atoms with Gasteiger partial charge in [0.2, 0.25) is 0 Å². The molecule has 2 N–H and O–H groups in total. The van der Waals surface area contributed by atoms with Gasteiger partial charge in [0.25, 0.3) is 11.5 Å². The molecule has 152 valence electrons. The van der Waals surface area contributed by atoms with Crippen LogP contribution in [0.25, 0.3) is 16.7 Å². The first-order chi connectivity index (χ1) is 14.3. The van der Waals surface area contributed by atoms with Crippen molar-refractivity contribution in [1.82, 2.24) is 14.1 Å². The van der Waals surface area contributed by atoms with Crippen LogP contribution in [0.15, 0.2) is 58.3 Å². The number of halogens is 3. The molecule has 0 bridgehead atoms. The summed E-state index contributed by atoms with van der Waals surface area (Å²) in [5, 5.41) is 3.29. The van der Waals surface area contributed by atoms with Gasteiger partial charge in [-0.1, -0.05) is 23.2 Å². The highest BCUT2D eigenvalue weighted by atomic mass is 35.5. The van der Waals surface area contributed by atoms with Crippen molar-refractivity contribution in [3.63, 3.8) is 0 Å². The number of aromatic amines is 1. The Morgan fingerprint density at radius 2 is 1.80 bits per heavy atom. The normalized spacial score (nSPS) is 11.1. The van der Waals surface area contributed by atoms with Gasteiger partial charge in [0, 0.05) is 18.3 Å². The number of benzene rings is 2. The molecule has 0 aliphatic rings. The van der Waals surface area contributed by atoms with E-state index in [1.165, 1.54) is 35.0 Å². The van der Waals surface area contributed by atoms with Gasteiger partial charge in [-0.2, -0.15) is 0 Å². The van der Waals surface area contributed by atoms with Crippen molar-refractivity contribution in [3.8, 4) is 5.69 Å². The Kier molecular flexibility index (Phi) is 4.97. The van der Waals surface area contributed by atoms with Gasteiger partial charge in [0.05, 0.1) is 27.5 Å². The lowest BCUT2D eigenvalue weighted by Gasteiger charge is -2.07. The number of carbonyl (C=O) groups excluding carboxylic acids is 1. The van der Waals surface area contributed by atoms with Crippen LogP contribution in [0.5, 0.6) is 0 Å². The zero-order chi connectivity index (χ0) is 21.6. The summed E-state index contributed by atoms with van der Waals surface area (Å²) in [6, 6.07) is 9.50. The summed E-state index contributed by atoms with van der Waals surface area (Å²) in [5.41, 5.74) is -0.621. The van der Waals surface area contributed by atoms with E-state index in [4.69, 9.17) is 23.2 Å². The third-order valence-corrected chi connectivity index (χ3v) is 5.08. The maximum atomic E-state index is 13.2. The molecule has 2 heterocycles. The molecule has 0 radical (unpaired) electrons. The molecule has 1 amide bonds. The summed E-state index contributed by atoms with van der Waals surface area (Å²) in [5.74, 6) is -1.07. The molecule has 30 heavy (non-hydrogen) atoms. The molecule has 0 saturated carbocycles. The number of aromatic nitrogens is 3. The third kappa shape index (κ3) is 3.40. The van der Waals surface area contributed by atoms with E-state index in [0.29, 0.717) is 10.7 Å². The molecule has 0 atom stereocenters. The van der Waals surface area contributed by atoms with Gasteiger partial charge in [-0.3, -0.25) is 9.59 Å². The standard InChI is InChI=1S/C20H13Cl2FN4O3/c1-26-9-13(18(28)24-15-7-2-10(21)8-14(15)22)16-17(26)19(29)27(20(30)25-16)12-5-3-11(23)4-6-12/h2-9H,1H3,(H,24,28)(H,25,30). The molecule has 0 fully saturated rings. The average molecular weight is 447 g/mol. The van der Waals surface area contributed by atoms with Gasteiger partial charge in [-0.15, -0.1) is 0 Å². The molecule has 0 spiro atoms. The van der Waals surface area contributed by atoms with E-state index in [1.54, 1.807) is 13.1 Å². The fourth-order valence-corrected chi connectivity index (χ4v) is 3.61. The average Bonchev–Trinajstić information content (AvgIpc) is 3.02. The minimum atomic E-state index is -0.760. The first-order valence-corrected chi connectivity index (χ1v) is 9.38. The summed E-state index contributed by atoms with van der Waals surface area (Å²) in [4.78, 5) is 41.0. The fourth-order valence-electron chi connectivity index (χ4n) is 3.15. The Morgan fingerprint density at radius 3 is 2.47 bits per heavy atom. The van der Waals surface area contributed by atoms with Crippen LogP contribution >= 0.6 is 23.2 Å². The van der Waals surface area contributed by atoms with Crippen molar-refractivity contribution < 1.29 is 9.18 Å². The highest BCUT2D eigenvalue weighted by molar-refractivity contribution is 6.37. The van der Waals surface area contributed by atoms with E-state index < -0.39 is 23.0 Å². The van der Waals surface area contributed by atoms with E-state index in [2.05, 4.69) is 10.3 Å². The van der Waals surface area contributed by atoms with Gasteiger partial charge < -0.3 is 14.9 Å². The van der Waals surface area contributed by atoms with Crippen molar-refractivity contribution in [1.29, 1.82) is 0 Å². The van der Waals surface area contributed by atoms with Crippen LogP contribution in [0, 0.1) is 5.82 Å². The van der Waals surface area contributed by atoms with Crippen LogP contribution in [-0.2, 0) is 7.05 Å². The van der Waals surface area contributed by atoms with Gasteiger partial charge >= 0.3 is 5.69 Å². The molecule has 0 aliphatic carbocycles. The van der Waals surface area contributed by atoms with Gasteiger partial charge in [-0.25, -0.2) is 13.8 Å². The quantitative estimate of drug-likeness (QED) is 0.502. The predicted octanol–water partition coefficient (Wildman–Crippen LogP) is 3.72. The number of anilines is 1. The van der Waals surface area contributed by atoms with E-state index in [-0.39, 0.29) is 27.3 Å². The molecule has 0 aliphatic heterocycles. The second-order valence-corrected chi connectivity index (χ2v) is 7.35. The molecule has 4 aromatic rings. The predicted molar refractivity (Wildman–Crippen MR) is 114 cm³/mol. The van der Waals surface area contributed by atoms with Crippen LogP contribution in [0.1, 0.15) is 10.4 Å². The van der Waals surface area contributed by atoms with E-state index >= 15 is 0 Å². The van der Waals surface area contributed by atoms with Crippen molar-refractivity contribution in [2.75, 3.05) is 5.32 Å². The minimum Gasteiger partial charge on any atom is -0.344 e. The smallest absolute Gasteiger partial charge is 0.333 e. The van der Waals surface area contributed by atoms with Crippen molar-refractivity contribution in [2.45, 2.75) is 0 Å². The SMILES string of the molecule is Cn1cc(C(=O)Nc2ccc(Cl)cc2Cl)c2[nH]c(=O)n(-c3ccc(F)cc3)c(=O)c21. The van der Waals surface area contributed by atoms with E-state index in [1.807, 2.05) is 0 Å². The topological polar surface area (TPSA) is 88.9 Å². The number of hydrogen-bond donors (Lipinski definition) is 2. The molecule has 0 unspecified atom stereocenters. The molecule has 4 rings (SSSR count). The highest BCUT2D eigenvalue weighted by Gasteiger charge is 2.21. The first kappa shape index (κ1) is 19.9. The van der Waals surface area contributed by atoms with E-state index in [0.717, 1.165) is 16.7 Å². The number of nitrogens with one attached hydrogen (secondary N) is 2. The van der Waals surface area contributed by atoms with E-state index in [9.17, 15) is 18.8 Å². The lowest BCUT2D eigenvalue weighted by molar-refractivity contribution is 0.102. The molecule has 2 aromatic heterocycles. The zero-order valence-electron chi connectivity index (χ0n) is 15.4. The highest BCUT2D eigenvalue weighted by Crippen LogP contribution is 2.26. The number of carbonyl (C=O) groups is 1. The van der Waals surface area contributed by atoms with Crippen LogP contribution in [0.4, 0.5) is 10.1 Å². The summed E-state index contributed by atoms with van der Waals surface area (Å²) in [6.07, 6.45) is 1.43. The molecular formula is C20H13Cl2FN4O3. The molecule has 10 heteroatoms. The maximum Gasteiger partial charge on any atom is 0.333 e. The van der Waals surface area contributed by atoms with Crippen LogP contribution in [-0.4, -0.2) is 20.0 Å². The monoisotopic (exact) mass is 446 g/mol. The second kappa shape index (κ2) is 7.47. The molecule has 2 aromatic carbocycles. The summed E-state index contributed by atoms with van der Waals surface area (Å²) < 4.78 is 15.5. The fraction of sp³-hybridized carbons (Fsp3) is 0.0500. The lowest BCUT2D eigenvalue weighted by atomic mass is 10.2. The molecule has 7 nitrogen and oxygen atoms in total. The Morgan fingerprint density at radius 1 is 1.10 bits per heavy atom. The molecule has 0 saturated heterocycles. The Bertz CT molecular complexity index is 1420. The van der Waals surface area contributed by atoms with Crippen molar-refractivity contribution >= 4 is 45.8 Å². The van der Waals surface area contributed by atoms with Crippen molar-refractivity contribution in [3.05, 3.63) is 90.9 Å². The number of rotatable bonds is 3. The second-order valence-electron chi connectivity index (χ2n) is 6.50. The third-order valence-electron chi connectivity index (χ3n) is 4.53. The summed E-state index contributed by atoms with van der Waals surface area (Å²) in [7, 11) is 1.57. The van der Waals surface area contributed by atoms with Crippen LogP contribution in [0.3, 0.4) is 0 Å². The number of aryl methyl sites for hydroxylation is 1. The zero-order valence-corrected chi connectivity index (χ0v) is 16.9. The number of hydrogen-bond acceptors (Lipinski definition) is 3. The minimum absolute atomic E-state index is 0.0773. The van der Waals surface area contributed by atoms with Gasteiger partial charge in [0.1, 0.15) is 11.3 Å². The Labute approximate surface area is 178 Å². The number of nitrogens with zero attached hydrogens (tertiary/aromatic N) is 2. The first-order valence-electron chi connectivity index (χ1n) is 8.63. The number of fused-ring (bicyclic) bond motifs is 1. The van der Waals surface area contributed by atoms with Crippen molar-refractivity contribution in [2.24, 2.45) is 7.05 Å². The summed E-state index contributed by atoms with van der Waals surface area (Å²) in [6.45, 7) is 0. The largest absolute Gasteiger partial charge is 0.344 e.